The zero-order chi connectivity index (χ0) is 13.0. The predicted molar refractivity (Wildman–Crippen MR) is 79.8 cm³/mol. The van der Waals surface area contributed by atoms with Gasteiger partial charge in [-0.15, -0.1) is 0 Å². The Balaban J connectivity index is 1.82. The Morgan fingerprint density at radius 1 is 1.11 bits per heavy atom. The van der Waals surface area contributed by atoms with Gasteiger partial charge in [0.15, 0.2) is 0 Å². The molecule has 0 amide bonds. The van der Waals surface area contributed by atoms with Crippen molar-refractivity contribution in [1.82, 2.24) is 5.32 Å². The largest absolute Gasteiger partial charge is 0.314 e. The van der Waals surface area contributed by atoms with Crippen molar-refractivity contribution in [2.75, 3.05) is 6.54 Å². The van der Waals surface area contributed by atoms with Crippen molar-refractivity contribution in [3.8, 4) is 0 Å². The molecule has 0 aromatic carbocycles. The van der Waals surface area contributed by atoms with Gasteiger partial charge in [-0.3, -0.25) is 0 Å². The van der Waals surface area contributed by atoms with Gasteiger partial charge in [0, 0.05) is 12.6 Å². The van der Waals surface area contributed by atoms with E-state index < -0.39 is 0 Å². The van der Waals surface area contributed by atoms with Gasteiger partial charge in [0.05, 0.1) is 0 Å². The molecule has 0 aliphatic heterocycles. The van der Waals surface area contributed by atoms with E-state index in [1.807, 2.05) is 0 Å². The Hall–Kier alpha value is -0.0400. The maximum atomic E-state index is 3.74. The summed E-state index contributed by atoms with van der Waals surface area (Å²) in [5.41, 5.74) is 0.687. The summed E-state index contributed by atoms with van der Waals surface area (Å²) in [5, 5.41) is 3.74. The van der Waals surface area contributed by atoms with Crippen LogP contribution in [-0.4, -0.2) is 12.6 Å². The highest BCUT2D eigenvalue weighted by Crippen LogP contribution is 2.54. The third-order valence-corrected chi connectivity index (χ3v) is 5.37. The molecule has 0 heterocycles. The molecule has 0 radical (unpaired) electrons. The molecule has 2 saturated carbocycles. The van der Waals surface area contributed by atoms with E-state index in [0.29, 0.717) is 11.5 Å². The number of hydrogen-bond donors (Lipinski definition) is 1. The maximum absolute atomic E-state index is 3.74. The van der Waals surface area contributed by atoms with Gasteiger partial charge in [-0.25, -0.2) is 0 Å². The van der Waals surface area contributed by atoms with Gasteiger partial charge in [-0.2, -0.15) is 0 Å². The summed E-state index contributed by atoms with van der Waals surface area (Å²) in [4.78, 5) is 0. The molecule has 106 valence electrons. The van der Waals surface area contributed by atoms with E-state index in [9.17, 15) is 0 Å². The summed E-state index contributed by atoms with van der Waals surface area (Å²) in [6.07, 6.45) is 13.4. The first-order valence-electron chi connectivity index (χ1n) is 8.39. The topological polar surface area (TPSA) is 12.0 Å². The van der Waals surface area contributed by atoms with Crippen molar-refractivity contribution in [3.05, 3.63) is 0 Å². The van der Waals surface area contributed by atoms with Crippen molar-refractivity contribution in [2.45, 2.75) is 84.6 Å². The van der Waals surface area contributed by atoms with Crippen LogP contribution in [0.3, 0.4) is 0 Å². The highest BCUT2D eigenvalue weighted by molar-refractivity contribution is 4.98. The van der Waals surface area contributed by atoms with Crippen LogP contribution in [0.15, 0.2) is 0 Å². The molecule has 2 rings (SSSR count). The normalized spacial score (nSPS) is 33.0. The van der Waals surface area contributed by atoms with Gasteiger partial charge >= 0.3 is 0 Å². The Morgan fingerprint density at radius 2 is 1.78 bits per heavy atom. The lowest BCUT2D eigenvalue weighted by Crippen LogP contribution is -2.41. The van der Waals surface area contributed by atoms with Gasteiger partial charge in [-0.05, 0) is 55.8 Å². The summed E-state index contributed by atoms with van der Waals surface area (Å²) in [6.45, 7) is 8.18. The van der Waals surface area contributed by atoms with Crippen molar-refractivity contribution in [3.63, 3.8) is 0 Å². The Kier molecular flexibility index (Phi) is 5.12. The van der Waals surface area contributed by atoms with E-state index in [2.05, 4.69) is 26.1 Å². The van der Waals surface area contributed by atoms with E-state index in [-0.39, 0.29) is 0 Å². The molecule has 0 bridgehead atoms. The highest BCUT2D eigenvalue weighted by Gasteiger charge is 2.46. The molecule has 1 N–H and O–H groups in total. The van der Waals surface area contributed by atoms with Gasteiger partial charge in [0.2, 0.25) is 0 Å². The summed E-state index contributed by atoms with van der Waals surface area (Å²) in [7, 11) is 0. The van der Waals surface area contributed by atoms with Crippen LogP contribution in [0, 0.1) is 17.3 Å². The third-order valence-electron chi connectivity index (χ3n) is 5.37. The zero-order valence-electron chi connectivity index (χ0n) is 12.8. The van der Waals surface area contributed by atoms with Crippen LogP contribution < -0.4 is 5.32 Å². The fourth-order valence-electron chi connectivity index (χ4n) is 3.87. The second kappa shape index (κ2) is 6.41. The molecule has 0 saturated heterocycles. The highest BCUT2D eigenvalue weighted by atomic mass is 14.9. The van der Waals surface area contributed by atoms with E-state index >= 15 is 0 Å². The molecule has 1 nitrogen and oxygen atoms in total. The number of rotatable bonds is 7. The molecule has 2 aliphatic rings. The van der Waals surface area contributed by atoms with Gasteiger partial charge in [-0.1, -0.05) is 40.0 Å². The van der Waals surface area contributed by atoms with Crippen LogP contribution in [0.2, 0.25) is 0 Å². The molecule has 0 aromatic heterocycles. The van der Waals surface area contributed by atoms with Crippen molar-refractivity contribution < 1.29 is 0 Å². The van der Waals surface area contributed by atoms with E-state index in [1.54, 1.807) is 0 Å². The SMILES string of the molecule is CCCCC1CCC(CNC(C)C)(C2CC2)CC1. The average molecular weight is 251 g/mol. The molecule has 0 unspecified atom stereocenters. The second-order valence-electron chi connectivity index (χ2n) is 7.26. The van der Waals surface area contributed by atoms with E-state index in [1.165, 1.54) is 64.3 Å². The van der Waals surface area contributed by atoms with Gasteiger partial charge in [0.1, 0.15) is 0 Å². The van der Waals surface area contributed by atoms with Crippen molar-refractivity contribution >= 4 is 0 Å². The van der Waals surface area contributed by atoms with Crippen molar-refractivity contribution in [2.24, 2.45) is 17.3 Å². The minimum Gasteiger partial charge on any atom is -0.314 e. The van der Waals surface area contributed by atoms with Crippen LogP contribution in [0.25, 0.3) is 0 Å². The lowest BCUT2D eigenvalue weighted by molar-refractivity contribution is 0.110. The second-order valence-corrected chi connectivity index (χ2v) is 7.26. The minimum absolute atomic E-state index is 0.651. The Labute approximate surface area is 114 Å². The average Bonchev–Trinajstić information content (AvgIpc) is 3.20. The maximum Gasteiger partial charge on any atom is 0.00128 e. The summed E-state index contributed by atoms with van der Waals surface area (Å²) >= 11 is 0. The Bertz CT molecular complexity index is 234. The van der Waals surface area contributed by atoms with Crippen LogP contribution in [-0.2, 0) is 0 Å². The fraction of sp³-hybridized carbons (Fsp3) is 1.00. The number of hydrogen-bond acceptors (Lipinski definition) is 1. The third kappa shape index (κ3) is 3.73. The quantitative estimate of drug-likeness (QED) is 0.688. The van der Waals surface area contributed by atoms with E-state index in [0.717, 1.165) is 11.8 Å². The molecule has 18 heavy (non-hydrogen) atoms. The predicted octanol–water partition coefficient (Wildman–Crippen LogP) is 4.76. The van der Waals surface area contributed by atoms with Crippen LogP contribution >= 0.6 is 0 Å². The first kappa shape index (κ1) is 14.4. The molecular weight excluding hydrogens is 218 g/mol. The first-order chi connectivity index (χ1) is 8.66. The van der Waals surface area contributed by atoms with Crippen molar-refractivity contribution in [1.29, 1.82) is 0 Å². The molecule has 2 aliphatic carbocycles. The summed E-state index contributed by atoms with van der Waals surface area (Å²) in [5.74, 6) is 2.12. The molecule has 2 fully saturated rings. The van der Waals surface area contributed by atoms with Crippen LogP contribution in [0.5, 0.6) is 0 Å². The molecule has 0 aromatic rings. The van der Waals surface area contributed by atoms with Crippen LogP contribution in [0.4, 0.5) is 0 Å². The fourth-order valence-corrected chi connectivity index (χ4v) is 3.87. The molecule has 0 atom stereocenters. The Morgan fingerprint density at radius 3 is 2.28 bits per heavy atom. The molecule has 0 spiro atoms. The number of unbranched alkanes of at least 4 members (excludes halogenated alkanes) is 1. The molecule has 1 heteroatoms. The summed E-state index contributed by atoms with van der Waals surface area (Å²) < 4.78 is 0. The lowest BCUT2D eigenvalue weighted by atomic mass is 9.66. The van der Waals surface area contributed by atoms with Gasteiger partial charge < -0.3 is 5.32 Å². The number of nitrogens with one attached hydrogen (secondary N) is 1. The smallest absolute Gasteiger partial charge is 0.00128 e. The minimum atomic E-state index is 0.651. The standard InChI is InChI=1S/C17H33N/c1-4-5-6-15-9-11-17(12-10-15,16-7-8-16)13-18-14(2)3/h14-16,18H,4-13H2,1-3H3. The van der Waals surface area contributed by atoms with Gasteiger partial charge in [0.25, 0.3) is 0 Å². The summed E-state index contributed by atoms with van der Waals surface area (Å²) in [6, 6.07) is 0.651. The van der Waals surface area contributed by atoms with Crippen LogP contribution in [0.1, 0.15) is 78.6 Å². The van der Waals surface area contributed by atoms with E-state index in [4.69, 9.17) is 0 Å². The first-order valence-corrected chi connectivity index (χ1v) is 8.39. The zero-order valence-corrected chi connectivity index (χ0v) is 12.8. The molecular formula is C17H33N. The lowest BCUT2D eigenvalue weighted by Gasteiger charge is -2.41. The monoisotopic (exact) mass is 251 g/mol.